The first kappa shape index (κ1) is 11.9. The second kappa shape index (κ2) is 4.52. The molecule has 2 aromatic carbocycles. The molecule has 3 heteroatoms. The summed E-state index contributed by atoms with van der Waals surface area (Å²) in [5.74, 6) is 0.912. The average molecular weight is 251 g/mol. The molecular formula is C16H17N3. The molecule has 0 aliphatic carbocycles. The van der Waals surface area contributed by atoms with Crippen LogP contribution < -0.4 is 5.73 Å². The van der Waals surface area contributed by atoms with Crippen molar-refractivity contribution in [3.05, 3.63) is 53.6 Å². The minimum Gasteiger partial charge on any atom is -0.338 e. The maximum Gasteiger partial charge on any atom is 0.138 e. The topological polar surface area (TPSA) is 54.7 Å². The van der Waals surface area contributed by atoms with E-state index in [4.69, 9.17) is 5.73 Å². The van der Waals surface area contributed by atoms with Gasteiger partial charge < -0.3 is 10.7 Å². The first-order chi connectivity index (χ1) is 9.15. The van der Waals surface area contributed by atoms with Crippen molar-refractivity contribution in [1.29, 1.82) is 0 Å². The Kier molecular flexibility index (Phi) is 2.84. The molecule has 0 aliphatic rings. The minimum absolute atomic E-state index is 0.0367. The van der Waals surface area contributed by atoms with Crippen LogP contribution in [0.3, 0.4) is 0 Å². The van der Waals surface area contributed by atoms with E-state index in [2.05, 4.69) is 35.1 Å². The molecule has 1 unspecified atom stereocenters. The fourth-order valence-corrected chi connectivity index (χ4v) is 2.28. The predicted octanol–water partition coefficient (Wildman–Crippen LogP) is 3.56. The number of benzene rings is 2. The summed E-state index contributed by atoms with van der Waals surface area (Å²) in [4.78, 5) is 8.03. The number of nitrogens with zero attached hydrogens (tertiary/aromatic N) is 1. The van der Waals surface area contributed by atoms with Gasteiger partial charge in [-0.1, -0.05) is 30.3 Å². The summed E-state index contributed by atoms with van der Waals surface area (Å²) in [6.07, 6.45) is 0. The van der Waals surface area contributed by atoms with Crippen LogP contribution in [0.1, 0.15) is 24.1 Å². The Bertz CT molecular complexity index is 726. The Morgan fingerprint density at radius 1 is 1.16 bits per heavy atom. The van der Waals surface area contributed by atoms with E-state index in [1.165, 1.54) is 5.56 Å². The van der Waals surface area contributed by atoms with E-state index in [9.17, 15) is 0 Å². The number of aromatic nitrogens is 2. The van der Waals surface area contributed by atoms with E-state index in [1.54, 1.807) is 0 Å². The number of imidazole rings is 1. The molecule has 0 amide bonds. The molecule has 19 heavy (non-hydrogen) atoms. The van der Waals surface area contributed by atoms with Gasteiger partial charge in [0, 0.05) is 11.6 Å². The van der Waals surface area contributed by atoms with Crippen LogP contribution in [0, 0.1) is 6.92 Å². The Balaban J connectivity index is 2.14. The van der Waals surface area contributed by atoms with Gasteiger partial charge in [0.15, 0.2) is 0 Å². The van der Waals surface area contributed by atoms with Crippen molar-refractivity contribution in [2.24, 2.45) is 5.73 Å². The van der Waals surface area contributed by atoms with Gasteiger partial charge in [0.25, 0.3) is 0 Å². The number of aromatic amines is 1. The van der Waals surface area contributed by atoms with Crippen molar-refractivity contribution in [2.75, 3.05) is 0 Å². The molecule has 0 saturated heterocycles. The molecule has 0 aliphatic heterocycles. The van der Waals surface area contributed by atoms with Crippen molar-refractivity contribution < 1.29 is 0 Å². The molecule has 0 bridgehead atoms. The van der Waals surface area contributed by atoms with Crippen LogP contribution in [0.2, 0.25) is 0 Å². The minimum atomic E-state index is 0.0367. The Hall–Kier alpha value is -2.13. The van der Waals surface area contributed by atoms with E-state index in [0.29, 0.717) is 0 Å². The molecule has 0 fully saturated rings. The highest BCUT2D eigenvalue weighted by atomic mass is 14.9. The van der Waals surface area contributed by atoms with Gasteiger partial charge in [0.2, 0.25) is 0 Å². The maximum atomic E-state index is 5.91. The van der Waals surface area contributed by atoms with E-state index in [1.807, 2.05) is 31.2 Å². The van der Waals surface area contributed by atoms with Crippen LogP contribution in [0.25, 0.3) is 22.4 Å². The lowest BCUT2D eigenvalue weighted by atomic mass is 10.1. The zero-order valence-electron chi connectivity index (χ0n) is 11.1. The van der Waals surface area contributed by atoms with E-state index < -0.39 is 0 Å². The van der Waals surface area contributed by atoms with E-state index >= 15 is 0 Å². The van der Waals surface area contributed by atoms with Gasteiger partial charge in [0.05, 0.1) is 11.0 Å². The van der Waals surface area contributed by atoms with Gasteiger partial charge in [-0.05, 0) is 37.1 Å². The summed E-state index contributed by atoms with van der Waals surface area (Å²) in [5, 5.41) is 0. The van der Waals surface area contributed by atoms with Crippen LogP contribution in [0.5, 0.6) is 0 Å². The summed E-state index contributed by atoms with van der Waals surface area (Å²) in [7, 11) is 0. The van der Waals surface area contributed by atoms with Gasteiger partial charge >= 0.3 is 0 Å². The highest BCUT2D eigenvalue weighted by Crippen LogP contribution is 2.24. The van der Waals surface area contributed by atoms with Gasteiger partial charge in [-0.2, -0.15) is 0 Å². The van der Waals surface area contributed by atoms with Crippen LogP contribution in [-0.4, -0.2) is 9.97 Å². The molecule has 3 nitrogen and oxygen atoms in total. The van der Waals surface area contributed by atoms with Crippen molar-refractivity contribution in [1.82, 2.24) is 9.97 Å². The zero-order valence-corrected chi connectivity index (χ0v) is 11.1. The lowest BCUT2D eigenvalue weighted by Gasteiger charge is -2.03. The van der Waals surface area contributed by atoms with Crippen molar-refractivity contribution in [2.45, 2.75) is 19.9 Å². The molecule has 3 rings (SSSR count). The molecule has 0 spiro atoms. The summed E-state index contributed by atoms with van der Waals surface area (Å²) in [6, 6.07) is 14.4. The summed E-state index contributed by atoms with van der Waals surface area (Å²) in [6.45, 7) is 4.08. The summed E-state index contributed by atoms with van der Waals surface area (Å²) >= 11 is 0. The highest BCUT2D eigenvalue weighted by molar-refractivity contribution is 5.80. The normalized spacial score (nSPS) is 12.8. The number of rotatable bonds is 2. The largest absolute Gasteiger partial charge is 0.338 e. The van der Waals surface area contributed by atoms with Crippen LogP contribution in [0.4, 0.5) is 0 Å². The predicted molar refractivity (Wildman–Crippen MR) is 78.9 cm³/mol. The van der Waals surface area contributed by atoms with Crippen molar-refractivity contribution in [3.8, 4) is 11.4 Å². The number of hydrogen-bond donors (Lipinski definition) is 2. The standard InChI is InChI=1S/C16H17N3/c1-10-5-3-4-6-13(10)16-18-14-8-7-12(11(2)17)9-15(14)19-16/h3-9,11H,17H2,1-2H3,(H,18,19). The average Bonchev–Trinajstić information content (AvgIpc) is 2.81. The summed E-state index contributed by atoms with van der Waals surface area (Å²) in [5.41, 5.74) is 11.4. The SMILES string of the molecule is Cc1ccccc1-c1nc2ccc(C(C)N)cc2[nH]1. The first-order valence-electron chi connectivity index (χ1n) is 6.46. The lowest BCUT2D eigenvalue weighted by Crippen LogP contribution is -2.04. The number of nitrogens with one attached hydrogen (secondary N) is 1. The van der Waals surface area contributed by atoms with E-state index in [0.717, 1.165) is 28.0 Å². The number of aryl methyl sites for hydroxylation is 1. The molecule has 1 aromatic heterocycles. The Labute approximate surface area is 112 Å². The smallest absolute Gasteiger partial charge is 0.138 e. The Morgan fingerprint density at radius 2 is 1.95 bits per heavy atom. The van der Waals surface area contributed by atoms with Crippen LogP contribution in [0.15, 0.2) is 42.5 Å². The third-order valence-corrected chi connectivity index (χ3v) is 3.43. The fraction of sp³-hybridized carbons (Fsp3) is 0.188. The molecule has 1 atom stereocenters. The third-order valence-electron chi connectivity index (χ3n) is 3.43. The monoisotopic (exact) mass is 251 g/mol. The zero-order chi connectivity index (χ0) is 13.4. The quantitative estimate of drug-likeness (QED) is 0.731. The lowest BCUT2D eigenvalue weighted by molar-refractivity contribution is 0.819. The van der Waals surface area contributed by atoms with Crippen LogP contribution in [-0.2, 0) is 0 Å². The fourth-order valence-electron chi connectivity index (χ4n) is 2.28. The second-order valence-electron chi connectivity index (χ2n) is 4.97. The van der Waals surface area contributed by atoms with Gasteiger partial charge in [-0.25, -0.2) is 4.98 Å². The molecule has 1 heterocycles. The summed E-state index contributed by atoms with van der Waals surface area (Å²) < 4.78 is 0. The molecule has 3 N–H and O–H groups in total. The number of fused-ring (bicyclic) bond motifs is 1. The van der Waals surface area contributed by atoms with Gasteiger partial charge in [-0.15, -0.1) is 0 Å². The highest BCUT2D eigenvalue weighted by Gasteiger charge is 2.08. The van der Waals surface area contributed by atoms with Crippen molar-refractivity contribution in [3.63, 3.8) is 0 Å². The number of H-pyrrole nitrogens is 1. The van der Waals surface area contributed by atoms with Crippen molar-refractivity contribution >= 4 is 11.0 Å². The third kappa shape index (κ3) is 2.13. The Morgan fingerprint density at radius 3 is 2.68 bits per heavy atom. The number of nitrogens with two attached hydrogens (primary N) is 1. The molecular weight excluding hydrogens is 234 g/mol. The molecule has 0 radical (unpaired) electrons. The van der Waals surface area contributed by atoms with Crippen LogP contribution >= 0.6 is 0 Å². The maximum absolute atomic E-state index is 5.91. The second-order valence-corrected chi connectivity index (χ2v) is 4.97. The van der Waals surface area contributed by atoms with Gasteiger partial charge in [-0.3, -0.25) is 0 Å². The van der Waals surface area contributed by atoms with Gasteiger partial charge in [0.1, 0.15) is 5.82 Å². The molecule has 0 saturated carbocycles. The van der Waals surface area contributed by atoms with E-state index in [-0.39, 0.29) is 6.04 Å². The number of hydrogen-bond acceptors (Lipinski definition) is 2. The molecule has 96 valence electrons. The molecule has 3 aromatic rings. The first-order valence-corrected chi connectivity index (χ1v) is 6.46.